The van der Waals surface area contributed by atoms with Crippen molar-refractivity contribution in [2.24, 2.45) is 0 Å². The summed E-state index contributed by atoms with van der Waals surface area (Å²) in [6.07, 6.45) is 2.77. The molecular weight excluding hydrogens is 256 g/mol. The van der Waals surface area contributed by atoms with Crippen LogP contribution in [-0.2, 0) is 16.0 Å². The smallest absolute Gasteiger partial charge is 0.175 e. The van der Waals surface area contributed by atoms with Gasteiger partial charge in [-0.1, -0.05) is 11.6 Å². The first kappa shape index (κ1) is 13.2. The topological polar surface area (TPSA) is 62.1 Å². The van der Waals surface area contributed by atoms with Crippen LogP contribution in [0.1, 0.15) is 13.8 Å². The molecule has 98 valence electrons. The summed E-state index contributed by atoms with van der Waals surface area (Å²) < 4.78 is 12.8. The molecular formula is C11H15ClN4O2. The number of halogens is 1. The van der Waals surface area contributed by atoms with Crippen molar-refractivity contribution in [2.45, 2.75) is 26.7 Å². The number of rotatable bonds is 6. The summed E-state index contributed by atoms with van der Waals surface area (Å²) in [5.74, 6) is 0. The Labute approximate surface area is 110 Å². The fraction of sp³-hybridized carbons (Fsp3) is 0.545. The van der Waals surface area contributed by atoms with Crippen LogP contribution in [0.3, 0.4) is 0 Å². The van der Waals surface area contributed by atoms with Gasteiger partial charge in [0.05, 0.1) is 12.9 Å². The van der Waals surface area contributed by atoms with Gasteiger partial charge in [-0.15, -0.1) is 0 Å². The monoisotopic (exact) mass is 270 g/mol. The third-order valence-electron chi connectivity index (χ3n) is 2.41. The van der Waals surface area contributed by atoms with E-state index >= 15 is 0 Å². The molecule has 0 radical (unpaired) electrons. The van der Waals surface area contributed by atoms with Crippen LogP contribution >= 0.6 is 11.6 Å². The number of nitrogens with zero attached hydrogens (tertiary/aromatic N) is 4. The molecule has 0 saturated heterocycles. The maximum atomic E-state index is 5.94. The highest BCUT2D eigenvalue weighted by Gasteiger charge is 2.13. The third-order valence-corrected chi connectivity index (χ3v) is 2.68. The molecule has 0 amide bonds. The van der Waals surface area contributed by atoms with E-state index in [1.807, 2.05) is 18.4 Å². The second kappa shape index (κ2) is 6.08. The van der Waals surface area contributed by atoms with Gasteiger partial charge in [-0.25, -0.2) is 15.0 Å². The van der Waals surface area contributed by atoms with Crippen LogP contribution in [0.5, 0.6) is 0 Å². The minimum absolute atomic E-state index is 0.314. The number of fused-ring (bicyclic) bond motifs is 1. The van der Waals surface area contributed by atoms with E-state index in [-0.39, 0.29) is 6.29 Å². The van der Waals surface area contributed by atoms with Gasteiger partial charge >= 0.3 is 0 Å². The molecule has 0 spiro atoms. The molecule has 0 aliphatic heterocycles. The van der Waals surface area contributed by atoms with Crippen molar-refractivity contribution in [1.29, 1.82) is 0 Å². The van der Waals surface area contributed by atoms with Gasteiger partial charge in [-0.3, -0.25) is 0 Å². The van der Waals surface area contributed by atoms with Crippen molar-refractivity contribution in [1.82, 2.24) is 19.5 Å². The van der Waals surface area contributed by atoms with E-state index in [9.17, 15) is 0 Å². The summed E-state index contributed by atoms with van der Waals surface area (Å²) in [5, 5.41) is 0.350. The zero-order valence-corrected chi connectivity index (χ0v) is 11.1. The quantitative estimate of drug-likeness (QED) is 0.592. The van der Waals surface area contributed by atoms with Crippen LogP contribution in [0.25, 0.3) is 11.2 Å². The molecule has 7 heteroatoms. The normalized spacial score (nSPS) is 11.6. The van der Waals surface area contributed by atoms with E-state index in [2.05, 4.69) is 15.0 Å². The molecule has 6 nitrogen and oxygen atoms in total. The Morgan fingerprint density at radius 3 is 2.61 bits per heavy atom. The lowest BCUT2D eigenvalue weighted by Crippen LogP contribution is -2.23. The van der Waals surface area contributed by atoms with E-state index in [1.54, 1.807) is 6.33 Å². The van der Waals surface area contributed by atoms with Crippen molar-refractivity contribution in [3.05, 3.63) is 17.8 Å². The molecule has 2 heterocycles. The third kappa shape index (κ3) is 2.77. The maximum absolute atomic E-state index is 5.94. The predicted octanol–water partition coefficient (Wildman–Crippen LogP) is 1.88. The molecule has 0 N–H and O–H groups in total. The maximum Gasteiger partial charge on any atom is 0.175 e. The van der Waals surface area contributed by atoms with E-state index in [0.717, 1.165) is 0 Å². The molecule has 2 aromatic heterocycles. The molecule has 2 rings (SSSR count). The Balaban J connectivity index is 2.22. The van der Waals surface area contributed by atoms with Gasteiger partial charge in [0.25, 0.3) is 0 Å². The first-order valence-corrected chi connectivity index (χ1v) is 6.18. The summed E-state index contributed by atoms with van der Waals surface area (Å²) in [4.78, 5) is 12.2. The van der Waals surface area contributed by atoms with Crippen molar-refractivity contribution in [3.8, 4) is 0 Å². The van der Waals surface area contributed by atoms with Crippen molar-refractivity contribution >= 4 is 22.8 Å². The van der Waals surface area contributed by atoms with Crippen LogP contribution in [0, 0.1) is 0 Å². The van der Waals surface area contributed by atoms with E-state index in [0.29, 0.717) is 36.1 Å². The van der Waals surface area contributed by atoms with Gasteiger partial charge in [-0.2, -0.15) is 0 Å². The highest BCUT2D eigenvalue weighted by molar-refractivity contribution is 6.33. The number of imidazole rings is 1. The van der Waals surface area contributed by atoms with Gasteiger partial charge in [0.2, 0.25) is 0 Å². The molecule has 0 aromatic carbocycles. The summed E-state index contributed by atoms with van der Waals surface area (Å²) in [6, 6.07) is 0. The molecule has 0 aliphatic carbocycles. The van der Waals surface area contributed by atoms with Gasteiger partial charge in [-0.05, 0) is 13.8 Å². The van der Waals surface area contributed by atoms with Crippen molar-refractivity contribution in [2.75, 3.05) is 13.2 Å². The molecule has 18 heavy (non-hydrogen) atoms. The van der Waals surface area contributed by atoms with Gasteiger partial charge in [0.1, 0.15) is 11.8 Å². The number of hydrogen-bond donors (Lipinski definition) is 0. The molecule has 0 aliphatic rings. The van der Waals surface area contributed by atoms with Crippen LogP contribution in [0.4, 0.5) is 0 Å². The summed E-state index contributed by atoms with van der Waals surface area (Å²) in [6.45, 7) is 5.56. The van der Waals surface area contributed by atoms with Crippen LogP contribution in [-0.4, -0.2) is 39.0 Å². The minimum Gasteiger partial charge on any atom is -0.351 e. The van der Waals surface area contributed by atoms with Crippen molar-refractivity contribution in [3.63, 3.8) is 0 Å². The number of hydrogen-bond acceptors (Lipinski definition) is 5. The largest absolute Gasteiger partial charge is 0.351 e. The standard InChI is InChI=1S/C11H15ClN4O2/c1-3-17-8(18-4-2)5-16-7-15-9-10(12)13-6-14-11(9)16/h6-8H,3-5H2,1-2H3. The highest BCUT2D eigenvalue weighted by atomic mass is 35.5. The Bertz CT molecular complexity index is 511. The average Bonchev–Trinajstić information content (AvgIpc) is 2.75. The van der Waals surface area contributed by atoms with Gasteiger partial charge in [0.15, 0.2) is 17.1 Å². The van der Waals surface area contributed by atoms with Gasteiger partial charge < -0.3 is 14.0 Å². The lowest BCUT2D eigenvalue weighted by molar-refractivity contribution is -0.143. The van der Waals surface area contributed by atoms with Crippen molar-refractivity contribution < 1.29 is 9.47 Å². The molecule has 2 aromatic rings. The Kier molecular flexibility index (Phi) is 4.46. The van der Waals surface area contributed by atoms with Gasteiger partial charge in [0, 0.05) is 13.2 Å². The van der Waals surface area contributed by atoms with E-state index in [4.69, 9.17) is 21.1 Å². The Morgan fingerprint density at radius 2 is 1.94 bits per heavy atom. The highest BCUT2D eigenvalue weighted by Crippen LogP contribution is 2.17. The Hall–Kier alpha value is -1.24. The molecule has 0 saturated carbocycles. The second-order valence-electron chi connectivity index (χ2n) is 3.57. The molecule has 0 fully saturated rings. The molecule has 0 atom stereocenters. The fourth-order valence-corrected chi connectivity index (χ4v) is 1.85. The summed E-state index contributed by atoms with van der Waals surface area (Å²) in [7, 11) is 0. The zero-order valence-electron chi connectivity index (χ0n) is 10.3. The first-order valence-electron chi connectivity index (χ1n) is 5.80. The van der Waals surface area contributed by atoms with E-state index in [1.165, 1.54) is 6.33 Å². The lowest BCUT2D eigenvalue weighted by atomic mass is 10.5. The fourth-order valence-electron chi connectivity index (χ4n) is 1.67. The summed E-state index contributed by atoms with van der Waals surface area (Å²) in [5.41, 5.74) is 1.27. The number of aromatic nitrogens is 4. The van der Waals surface area contributed by atoms with Crippen LogP contribution in [0.2, 0.25) is 5.15 Å². The predicted molar refractivity (Wildman–Crippen MR) is 67.4 cm³/mol. The lowest BCUT2D eigenvalue weighted by Gasteiger charge is -2.17. The minimum atomic E-state index is -0.314. The molecule has 0 bridgehead atoms. The molecule has 0 unspecified atom stereocenters. The van der Waals surface area contributed by atoms with E-state index < -0.39 is 0 Å². The van der Waals surface area contributed by atoms with Crippen LogP contribution in [0.15, 0.2) is 12.7 Å². The Morgan fingerprint density at radius 1 is 1.22 bits per heavy atom. The van der Waals surface area contributed by atoms with Crippen LogP contribution < -0.4 is 0 Å². The second-order valence-corrected chi connectivity index (χ2v) is 3.93. The SMILES string of the molecule is CCOC(Cn1cnc2c(Cl)ncnc21)OCC. The number of ether oxygens (including phenoxy) is 2. The summed E-state index contributed by atoms with van der Waals surface area (Å²) >= 11 is 5.94. The first-order chi connectivity index (χ1) is 8.76. The zero-order chi connectivity index (χ0) is 13.0. The average molecular weight is 271 g/mol.